The van der Waals surface area contributed by atoms with Gasteiger partial charge >= 0.3 is 0 Å². The van der Waals surface area contributed by atoms with E-state index in [-0.39, 0.29) is 0 Å². The molecule has 0 amide bonds. The molecule has 3 heteroatoms. The normalized spacial score (nSPS) is 15.6. The monoisotopic (exact) mass is 229 g/mol. The molecule has 0 aromatic carbocycles. The number of unbranched alkanes of at least 4 members (excludes halogenated alkanes) is 1. The van der Waals surface area contributed by atoms with Crippen LogP contribution in [0.5, 0.6) is 0 Å². The number of hydrogen-bond donors (Lipinski definition) is 1. The highest BCUT2D eigenvalue weighted by atomic mass is 16.5. The smallest absolute Gasteiger partial charge is 0.0590 e. The van der Waals surface area contributed by atoms with Crippen LogP contribution < -0.4 is 5.32 Å². The lowest BCUT2D eigenvalue weighted by Crippen LogP contribution is -2.21. The van der Waals surface area contributed by atoms with Crippen LogP contribution in [0.4, 0.5) is 0 Å². The van der Waals surface area contributed by atoms with Crippen molar-refractivity contribution in [3.63, 3.8) is 0 Å². The molecular weight excluding hydrogens is 202 g/mol. The minimum absolute atomic E-state index is 0.836. The molecule has 1 N–H and O–H groups in total. The molecule has 0 aliphatic heterocycles. The van der Waals surface area contributed by atoms with Crippen LogP contribution in [0, 0.1) is 5.92 Å². The van der Waals surface area contributed by atoms with Gasteiger partial charge in [0.05, 0.1) is 6.61 Å². The Morgan fingerprint density at radius 3 is 2.62 bits per heavy atom. The molecule has 96 valence electrons. The summed E-state index contributed by atoms with van der Waals surface area (Å²) in [5.74, 6) is 0.992. The first-order chi connectivity index (χ1) is 7.93. The molecule has 0 radical (unpaired) electrons. The second-order valence-electron chi connectivity index (χ2n) is 4.50. The quantitative estimate of drug-likeness (QED) is 0.520. The molecule has 0 aromatic heterocycles. The molecule has 16 heavy (non-hydrogen) atoms. The van der Waals surface area contributed by atoms with Gasteiger partial charge in [0.2, 0.25) is 0 Å². The lowest BCUT2D eigenvalue weighted by molar-refractivity contribution is 0.128. The summed E-state index contributed by atoms with van der Waals surface area (Å²) in [5, 5.41) is 3.39. The number of nitrogens with one attached hydrogen (secondary N) is 1. The van der Waals surface area contributed by atoms with E-state index in [0.29, 0.717) is 0 Å². The molecule has 1 fully saturated rings. The van der Waals surface area contributed by atoms with E-state index in [2.05, 4.69) is 5.32 Å². The largest absolute Gasteiger partial charge is 0.382 e. The molecule has 1 saturated carbocycles. The van der Waals surface area contributed by atoms with Crippen LogP contribution in [-0.4, -0.2) is 39.5 Å². The molecule has 0 bridgehead atoms. The highest BCUT2D eigenvalue weighted by Crippen LogP contribution is 2.31. The zero-order valence-corrected chi connectivity index (χ0v) is 10.7. The van der Waals surface area contributed by atoms with Gasteiger partial charge in [-0.05, 0) is 38.6 Å². The topological polar surface area (TPSA) is 30.5 Å². The van der Waals surface area contributed by atoms with Crippen molar-refractivity contribution in [3.8, 4) is 0 Å². The van der Waals surface area contributed by atoms with Gasteiger partial charge < -0.3 is 14.8 Å². The average molecular weight is 229 g/mol. The summed E-state index contributed by atoms with van der Waals surface area (Å²) in [6.07, 6.45) is 6.49. The third-order valence-electron chi connectivity index (χ3n) is 2.89. The molecule has 0 saturated heterocycles. The molecule has 1 rings (SSSR count). The number of rotatable bonds is 12. The van der Waals surface area contributed by atoms with Gasteiger partial charge in [-0.15, -0.1) is 0 Å². The predicted molar refractivity (Wildman–Crippen MR) is 66.8 cm³/mol. The van der Waals surface area contributed by atoms with Crippen LogP contribution in [-0.2, 0) is 9.47 Å². The van der Waals surface area contributed by atoms with Crippen molar-refractivity contribution in [1.29, 1.82) is 0 Å². The Balaban J connectivity index is 1.61. The maximum Gasteiger partial charge on any atom is 0.0590 e. The molecule has 0 atom stereocenters. The first-order valence-electron chi connectivity index (χ1n) is 6.79. The minimum Gasteiger partial charge on any atom is -0.382 e. The highest BCUT2D eigenvalue weighted by Gasteiger charge is 2.20. The second kappa shape index (κ2) is 10.1. The van der Waals surface area contributed by atoms with Crippen LogP contribution in [0.1, 0.15) is 39.0 Å². The molecule has 1 aliphatic rings. The molecule has 3 nitrogen and oxygen atoms in total. The summed E-state index contributed by atoms with van der Waals surface area (Å²) < 4.78 is 10.8. The third-order valence-corrected chi connectivity index (χ3v) is 2.89. The number of ether oxygens (including phenoxy) is 2. The fourth-order valence-corrected chi connectivity index (χ4v) is 1.63. The summed E-state index contributed by atoms with van der Waals surface area (Å²) in [6, 6.07) is 0. The molecule has 0 unspecified atom stereocenters. The Hall–Kier alpha value is -0.120. The average Bonchev–Trinajstić information content (AvgIpc) is 3.10. The standard InChI is InChI=1S/C13H27NO2/c1-2-15-10-4-3-8-14-9-12-16-11-7-13-5-6-13/h13-14H,2-12H2,1H3. The van der Waals surface area contributed by atoms with Crippen molar-refractivity contribution >= 4 is 0 Å². The Morgan fingerprint density at radius 2 is 1.88 bits per heavy atom. The van der Waals surface area contributed by atoms with Crippen LogP contribution in [0.2, 0.25) is 0 Å². The van der Waals surface area contributed by atoms with Gasteiger partial charge in [-0.1, -0.05) is 12.8 Å². The summed E-state index contributed by atoms with van der Waals surface area (Å²) in [4.78, 5) is 0. The van der Waals surface area contributed by atoms with Crippen LogP contribution in [0.3, 0.4) is 0 Å². The molecule has 0 heterocycles. The van der Waals surface area contributed by atoms with Gasteiger partial charge in [-0.2, -0.15) is 0 Å². The summed E-state index contributed by atoms with van der Waals surface area (Å²) >= 11 is 0. The van der Waals surface area contributed by atoms with E-state index in [1.54, 1.807) is 0 Å². The van der Waals surface area contributed by atoms with E-state index in [1.807, 2.05) is 6.92 Å². The van der Waals surface area contributed by atoms with Crippen molar-refractivity contribution in [2.24, 2.45) is 5.92 Å². The molecule has 0 spiro atoms. The maximum atomic E-state index is 5.54. The summed E-state index contributed by atoms with van der Waals surface area (Å²) in [5.41, 5.74) is 0. The van der Waals surface area contributed by atoms with Crippen molar-refractivity contribution in [1.82, 2.24) is 5.32 Å². The first kappa shape index (κ1) is 13.9. The zero-order valence-electron chi connectivity index (χ0n) is 10.7. The van der Waals surface area contributed by atoms with Crippen LogP contribution >= 0.6 is 0 Å². The Bertz CT molecular complexity index is 149. The SMILES string of the molecule is CCOCCCCNCCOCCC1CC1. The Kier molecular flexibility index (Phi) is 8.77. The van der Waals surface area contributed by atoms with Gasteiger partial charge in [0.15, 0.2) is 0 Å². The minimum atomic E-state index is 0.836. The lowest BCUT2D eigenvalue weighted by Gasteiger charge is -2.06. The molecule has 1 aliphatic carbocycles. The molecule has 0 aromatic rings. The van der Waals surface area contributed by atoms with Crippen molar-refractivity contribution in [2.45, 2.75) is 39.0 Å². The van der Waals surface area contributed by atoms with E-state index in [4.69, 9.17) is 9.47 Å². The van der Waals surface area contributed by atoms with Gasteiger partial charge in [-0.25, -0.2) is 0 Å². The highest BCUT2D eigenvalue weighted by molar-refractivity contribution is 4.72. The van der Waals surface area contributed by atoms with E-state index in [0.717, 1.165) is 51.9 Å². The van der Waals surface area contributed by atoms with E-state index in [9.17, 15) is 0 Å². The predicted octanol–water partition coefficient (Wildman–Crippen LogP) is 2.21. The zero-order chi connectivity index (χ0) is 11.5. The van der Waals surface area contributed by atoms with Crippen molar-refractivity contribution in [3.05, 3.63) is 0 Å². The summed E-state index contributed by atoms with van der Waals surface area (Å²) in [7, 11) is 0. The van der Waals surface area contributed by atoms with E-state index < -0.39 is 0 Å². The third kappa shape index (κ3) is 9.13. The van der Waals surface area contributed by atoms with Crippen molar-refractivity contribution < 1.29 is 9.47 Å². The second-order valence-corrected chi connectivity index (χ2v) is 4.50. The maximum absolute atomic E-state index is 5.54. The van der Waals surface area contributed by atoms with Crippen molar-refractivity contribution in [2.75, 3.05) is 39.5 Å². The lowest BCUT2D eigenvalue weighted by atomic mass is 10.3. The van der Waals surface area contributed by atoms with E-state index >= 15 is 0 Å². The van der Waals surface area contributed by atoms with Gasteiger partial charge in [0.1, 0.15) is 0 Å². The van der Waals surface area contributed by atoms with Crippen LogP contribution in [0.25, 0.3) is 0 Å². The number of hydrogen-bond acceptors (Lipinski definition) is 3. The fraction of sp³-hybridized carbons (Fsp3) is 1.00. The van der Waals surface area contributed by atoms with Gasteiger partial charge in [0.25, 0.3) is 0 Å². The van der Waals surface area contributed by atoms with E-state index in [1.165, 1.54) is 25.7 Å². The summed E-state index contributed by atoms with van der Waals surface area (Å²) in [6.45, 7) is 7.66. The fourth-order valence-electron chi connectivity index (χ4n) is 1.63. The Labute approximate surface area is 99.9 Å². The van der Waals surface area contributed by atoms with Gasteiger partial charge in [-0.3, -0.25) is 0 Å². The molecular formula is C13H27NO2. The Morgan fingerprint density at radius 1 is 1.00 bits per heavy atom. The van der Waals surface area contributed by atoms with Gasteiger partial charge in [0, 0.05) is 26.4 Å². The van der Waals surface area contributed by atoms with Crippen LogP contribution in [0.15, 0.2) is 0 Å². The first-order valence-corrected chi connectivity index (χ1v) is 6.79.